The summed E-state index contributed by atoms with van der Waals surface area (Å²) in [6.07, 6.45) is 3.42. The highest BCUT2D eigenvalue weighted by atomic mass is 32.2. The second kappa shape index (κ2) is 4.54. The normalized spacial score (nSPS) is 11.9. The third-order valence-electron chi connectivity index (χ3n) is 1.79. The van der Waals surface area contributed by atoms with Crippen LogP contribution in [0.5, 0.6) is 0 Å². The van der Waals surface area contributed by atoms with E-state index in [1.807, 2.05) is 11.6 Å². The van der Waals surface area contributed by atoms with E-state index in [1.165, 1.54) is 0 Å². The van der Waals surface area contributed by atoms with Gasteiger partial charge in [0.25, 0.3) is 0 Å². The maximum atomic E-state index is 10.6. The molecule has 0 amide bonds. The molecule has 0 aromatic carbocycles. The molecule has 0 radical (unpaired) electrons. The number of hydrogen-bond acceptors (Lipinski definition) is 4. The lowest BCUT2D eigenvalue weighted by Gasteiger charge is -2.03. The number of primary sulfonamides is 1. The summed E-state index contributed by atoms with van der Waals surface area (Å²) >= 11 is 0. The van der Waals surface area contributed by atoms with Crippen molar-refractivity contribution in [3.05, 3.63) is 18.2 Å². The first-order valence-electron chi connectivity index (χ1n) is 4.15. The van der Waals surface area contributed by atoms with Crippen LogP contribution in [0.15, 0.2) is 12.5 Å². The van der Waals surface area contributed by atoms with Gasteiger partial charge in [0, 0.05) is 26.3 Å². The molecule has 1 heterocycles. The van der Waals surface area contributed by atoms with E-state index >= 15 is 0 Å². The Bertz CT molecular complexity index is 384. The average Bonchev–Trinajstić information content (AvgIpc) is 2.44. The van der Waals surface area contributed by atoms with Crippen molar-refractivity contribution in [2.24, 2.45) is 12.2 Å². The molecule has 3 N–H and O–H groups in total. The molecule has 1 aromatic rings. The minimum atomic E-state index is -3.36. The predicted molar refractivity (Wildman–Crippen MR) is 52.9 cm³/mol. The fourth-order valence-electron chi connectivity index (χ4n) is 0.986. The smallest absolute Gasteiger partial charge is 0.210 e. The third-order valence-corrected chi connectivity index (χ3v) is 2.56. The van der Waals surface area contributed by atoms with Gasteiger partial charge >= 0.3 is 0 Å². The van der Waals surface area contributed by atoms with Crippen LogP contribution in [-0.4, -0.2) is 30.3 Å². The van der Waals surface area contributed by atoms with Crippen molar-refractivity contribution in [1.29, 1.82) is 0 Å². The summed E-state index contributed by atoms with van der Waals surface area (Å²) in [5, 5.41) is 7.80. The molecule has 0 saturated carbocycles. The minimum absolute atomic E-state index is 0.0507. The Balaban J connectivity index is 2.26. The van der Waals surface area contributed by atoms with E-state index in [9.17, 15) is 8.42 Å². The van der Waals surface area contributed by atoms with Gasteiger partial charge in [-0.2, -0.15) is 0 Å². The maximum absolute atomic E-state index is 10.6. The van der Waals surface area contributed by atoms with Crippen LogP contribution in [0.2, 0.25) is 0 Å². The quantitative estimate of drug-likeness (QED) is 0.607. The molecule has 0 bridgehead atoms. The summed E-state index contributed by atoms with van der Waals surface area (Å²) in [7, 11) is -1.48. The molecule has 0 atom stereocenters. The number of rotatable bonds is 5. The van der Waals surface area contributed by atoms with Crippen LogP contribution in [0, 0.1) is 0 Å². The number of aromatic nitrogens is 2. The van der Waals surface area contributed by atoms with Crippen LogP contribution in [0.3, 0.4) is 0 Å². The fraction of sp³-hybridized carbons (Fsp3) is 0.571. The molecule has 6 nitrogen and oxygen atoms in total. The number of hydrogen-bond donors (Lipinski definition) is 2. The van der Waals surface area contributed by atoms with Crippen molar-refractivity contribution in [3.63, 3.8) is 0 Å². The van der Waals surface area contributed by atoms with Crippen LogP contribution < -0.4 is 10.5 Å². The van der Waals surface area contributed by atoms with E-state index in [0.29, 0.717) is 13.1 Å². The number of imidazole rings is 1. The lowest BCUT2D eigenvalue weighted by atomic mass is 10.4. The first-order valence-corrected chi connectivity index (χ1v) is 5.87. The maximum Gasteiger partial charge on any atom is 0.210 e. The van der Waals surface area contributed by atoms with E-state index in [-0.39, 0.29) is 5.75 Å². The van der Waals surface area contributed by atoms with Crippen LogP contribution in [0.25, 0.3) is 0 Å². The van der Waals surface area contributed by atoms with Gasteiger partial charge in [-0.25, -0.2) is 18.5 Å². The molecule has 1 rings (SSSR count). The first kappa shape index (κ1) is 11.2. The van der Waals surface area contributed by atoms with Gasteiger partial charge in [0.2, 0.25) is 10.0 Å². The van der Waals surface area contributed by atoms with Crippen LogP contribution in [0.1, 0.15) is 5.69 Å². The number of sulfonamides is 1. The van der Waals surface area contributed by atoms with Gasteiger partial charge < -0.3 is 9.88 Å². The molecule has 1 aromatic heterocycles. The molecule has 0 aliphatic rings. The van der Waals surface area contributed by atoms with Gasteiger partial charge in [0.1, 0.15) is 0 Å². The van der Waals surface area contributed by atoms with E-state index in [0.717, 1.165) is 5.69 Å². The van der Waals surface area contributed by atoms with E-state index < -0.39 is 10.0 Å². The van der Waals surface area contributed by atoms with Gasteiger partial charge in [0.15, 0.2) is 0 Å². The number of nitrogens with two attached hydrogens (primary N) is 1. The topological polar surface area (TPSA) is 90.0 Å². The third kappa shape index (κ3) is 3.86. The van der Waals surface area contributed by atoms with Gasteiger partial charge in [-0.3, -0.25) is 0 Å². The molecule has 0 saturated heterocycles. The van der Waals surface area contributed by atoms with Gasteiger partial charge in [-0.05, 0) is 0 Å². The Morgan fingerprint density at radius 3 is 2.86 bits per heavy atom. The second-order valence-corrected chi connectivity index (χ2v) is 4.77. The lowest BCUT2D eigenvalue weighted by Crippen LogP contribution is -2.27. The average molecular weight is 218 g/mol. The zero-order chi connectivity index (χ0) is 10.6. The summed E-state index contributed by atoms with van der Waals surface area (Å²) in [4.78, 5) is 3.93. The zero-order valence-electron chi connectivity index (χ0n) is 7.97. The molecule has 0 aliphatic heterocycles. The zero-order valence-corrected chi connectivity index (χ0v) is 8.79. The molecule has 80 valence electrons. The van der Waals surface area contributed by atoms with Crippen molar-refractivity contribution in [2.45, 2.75) is 6.54 Å². The van der Waals surface area contributed by atoms with Gasteiger partial charge in [-0.1, -0.05) is 0 Å². The molecular weight excluding hydrogens is 204 g/mol. The Morgan fingerprint density at radius 1 is 1.64 bits per heavy atom. The summed E-state index contributed by atoms with van der Waals surface area (Å²) in [6.45, 7) is 0.941. The highest BCUT2D eigenvalue weighted by Crippen LogP contribution is 1.94. The molecule has 14 heavy (non-hydrogen) atoms. The highest BCUT2D eigenvalue weighted by molar-refractivity contribution is 7.89. The van der Waals surface area contributed by atoms with Crippen molar-refractivity contribution in [1.82, 2.24) is 14.9 Å². The van der Waals surface area contributed by atoms with E-state index in [2.05, 4.69) is 10.3 Å². The monoisotopic (exact) mass is 218 g/mol. The van der Waals surface area contributed by atoms with Gasteiger partial charge in [0.05, 0.1) is 17.8 Å². The van der Waals surface area contributed by atoms with Crippen molar-refractivity contribution in [3.8, 4) is 0 Å². The Hall–Kier alpha value is -0.920. The molecular formula is C7H14N4O2S. The summed E-state index contributed by atoms with van der Waals surface area (Å²) < 4.78 is 23.0. The first-order chi connectivity index (χ1) is 6.49. The van der Waals surface area contributed by atoms with E-state index in [4.69, 9.17) is 5.14 Å². The minimum Gasteiger partial charge on any atom is -0.337 e. The van der Waals surface area contributed by atoms with Crippen molar-refractivity contribution >= 4 is 10.0 Å². The summed E-state index contributed by atoms with van der Waals surface area (Å²) in [6, 6.07) is 0. The molecule has 0 spiro atoms. The van der Waals surface area contributed by atoms with Crippen LogP contribution in [0.4, 0.5) is 0 Å². The predicted octanol–water partition coefficient (Wildman–Crippen LogP) is -1.20. The Labute approximate surface area is 83.2 Å². The lowest BCUT2D eigenvalue weighted by molar-refractivity contribution is 0.591. The molecule has 0 aliphatic carbocycles. The summed E-state index contributed by atoms with van der Waals surface area (Å²) in [5.41, 5.74) is 0.999. The Morgan fingerprint density at radius 2 is 2.36 bits per heavy atom. The fourth-order valence-corrected chi connectivity index (χ4v) is 1.41. The Kier molecular flexibility index (Phi) is 3.62. The largest absolute Gasteiger partial charge is 0.337 e. The van der Waals surface area contributed by atoms with E-state index in [1.54, 1.807) is 12.5 Å². The SMILES string of the molecule is Cn1cncc1CNCCS(N)(=O)=O. The highest BCUT2D eigenvalue weighted by Gasteiger charge is 2.02. The van der Waals surface area contributed by atoms with Crippen molar-refractivity contribution in [2.75, 3.05) is 12.3 Å². The standard InChI is InChI=1S/C7H14N4O2S/c1-11-6-10-5-7(11)4-9-2-3-14(8,12)13/h5-6,9H,2-4H2,1H3,(H2,8,12,13). The van der Waals surface area contributed by atoms with Crippen LogP contribution in [-0.2, 0) is 23.6 Å². The summed E-state index contributed by atoms with van der Waals surface area (Å²) in [5.74, 6) is -0.0507. The molecule has 0 fully saturated rings. The van der Waals surface area contributed by atoms with Crippen LogP contribution >= 0.6 is 0 Å². The number of nitrogens with one attached hydrogen (secondary N) is 1. The van der Waals surface area contributed by atoms with Gasteiger partial charge in [-0.15, -0.1) is 0 Å². The second-order valence-electron chi connectivity index (χ2n) is 3.04. The number of nitrogens with zero attached hydrogens (tertiary/aromatic N) is 2. The molecule has 7 heteroatoms. The molecule has 0 unspecified atom stereocenters. The van der Waals surface area contributed by atoms with Crippen molar-refractivity contribution < 1.29 is 8.42 Å². The number of aryl methyl sites for hydroxylation is 1.